The van der Waals surface area contributed by atoms with Crippen molar-refractivity contribution in [3.05, 3.63) is 54.1 Å². The molecule has 1 heterocycles. The lowest BCUT2D eigenvalue weighted by Crippen LogP contribution is -2.22. The van der Waals surface area contributed by atoms with E-state index < -0.39 is 0 Å². The van der Waals surface area contributed by atoms with Crippen LogP contribution in [0.5, 0.6) is 0 Å². The molecule has 0 saturated carbocycles. The number of anilines is 2. The van der Waals surface area contributed by atoms with Crippen molar-refractivity contribution in [2.45, 2.75) is 30.3 Å². The zero-order valence-electron chi connectivity index (χ0n) is 15.4. The number of thioether (sulfide) groups is 1. The molecule has 4 nitrogen and oxygen atoms in total. The minimum Gasteiger partial charge on any atom is -0.380 e. The minimum atomic E-state index is 0.0484. The van der Waals surface area contributed by atoms with Gasteiger partial charge in [0, 0.05) is 42.9 Å². The van der Waals surface area contributed by atoms with Crippen molar-refractivity contribution in [1.29, 1.82) is 0 Å². The maximum Gasteiger partial charge on any atom is 0.224 e. The lowest BCUT2D eigenvalue weighted by atomic mass is 10.1. The molecule has 138 valence electrons. The molecule has 1 amide bonds. The molecule has 1 fully saturated rings. The Hall–Kier alpha value is -1.98. The Morgan fingerprint density at radius 2 is 1.92 bits per heavy atom. The molecule has 0 aromatic heterocycles. The highest BCUT2D eigenvalue weighted by molar-refractivity contribution is 7.98. The summed E-state index contributed by atoms with van der Waals surface area (Å²) in [6.45, 7) is 1.94. The molecule has 2 aromatic rings. The van der Waals surface area contributed by atoms with Gasteiger partial charge in [0.1, 0.15) is 0 Å². The topological polar surface area (TPSA) is 41.6 Å². The first-order valence-corrected chi connectivity index (χ1v) is 10.2. The molecular formula is C21H26N2O2S. The van der Waals surface area contributed by atoms with Crippen LogP contribution in [0.2, 0.25) is 0 Å². The molecule has 1 saturated heterocycles. The predicted octanol–water partition coefficient (Wildman–Crippen LogP) is 4.20. The molecule has 2 aromatic carbocycles. The molecule has 0 aliphatic carbocycles. The molecule has 3 rings (SSSR count). The number of rotatable bonds is 7. The first-order chi connectivity index (χ1) is 12.7. The normalized spacial score (nSPS) is 16.7. The molecule has 1 aliphatic heterocycles. The number of methoxy groups -OCH3 is 1. The van der Waals surface area contributed by atoms with E-state index in [4.69, 9.17) is 4.74 Å². The average molecular weight is 371 g/mol. The van der Waals surface area contributed by atoms with Gasteiger partial charge in [0.05, 0.1) is 6.10 Å². The van der Waals surface area contributed by atoms with Crippen LogP contribution >= 0.6 is 11.8 Å². The van der Waals surface area contributed by atoms with Crippen LogP contribution < -0.4 is 10.2 Å². The van der Waals surface area contributed by atoms with Gasteiger partial charge in [-0.1, -0.05) is 12.1 Å². The van der Waals surface area contributed by atoms with Crippen molar-refractivity contribution >= 4 is 29.0 Å². The quantitative estimate of drug-likeness (QED) is 0.742. The minimum absolute atomic E-state index is 0.0484. The van der Waals surface area contributed by atoms with Crippen LogP contribution in [-0.2, 0) is 16.0 Å². The van der Waals surface area contributed by atoms with E-state index >= 15 is 0 Å². The Morgan fingerprint density at radius 3 is 2.54 bits per heavy atom. The summed E-state index contributed by atoms with van der Waals surface area (Å²) in [4.78, 5) is 15.8. The number of aryl methyl sites for hydroxylation is 1. The van der Waals surface area contributed by atoms with Gasteiger partial charge >= 0.3 is 0 Å². The largest absolute Gasteiger partial charge is 0.380 e. The average Bonchev–Trinajstić information content (AvgIpc) is 3.16. The number of hydrogen-bond acceptors (Lipinski definition) is 4. The number of carbonyl (C=O) groups is 1. The summed E-state index contributed by atoms with van der Waals surface area (Å²) < 4.78 is 5.42. The summed E-state index contributed by atoms with van der Waals surface area (Å²) in [7, 11) is 1.77. The van der Waals surface area contributed by atoms with E-state index in [2.05, 4.69) is 52.9 Å². The molecule has 0 radical (unpaired) electrons. The monoisotopic (exact) mass is 370 g/mol. The molecule has 5 heteroatoms. The van der Waals surface area contributed by atoms with Gasteiger partial charge in [-0.3, -0.25) is 4.79 Å². The van der Waals surface area contributed by atoms with Gasteiger partial charge in [-0.15, -0.1) is 11.8 Å². The standard InChI is InChI=1S/C21H26N2O2S/c1-25-19-13-14-23(15-19)18-8-6-17(7-9-18)22-21(24)12-5-16-3-10-20(26-2)11-4-16/h3-4,6-11,19H,5,12-15H2,1-2H3,(H,22,24). The van der Waals surface area contributed by atoms with Crippen molar-refractivity contribution in [3.63, 3.8) is 0 Å². The fourth-order valence-electron chi connectivity index (χ4n) is 3.18. The second-order valence-corrected chi connectivity index (χ2v) is 7.42. The summed E-state index contributed by atoms with van der Waals surface area (Å²) in [5.41, 5.74) is 3.21. The van der Waals surface area contributed by atoms with E-state index in [0.717, 1.165) is 31.6 Å². The summed E-state index contributed by atoms with van der Waals surface area (Å²) >= 11 is 1.73. The van der Waals surface area contributed by atoms with Crippen molar-refractivity contribution in [2.75, 3.05) is 36.7 Å². The predicted molar refractivity (Wildman–Crippen MR) is 109 cm³/mol. The Balaban J connectivity index is 1.48. The maximum atomic E-state index is 12.2. The van der Waals surface area contributed by atoms with Crippen molar-refractivity contribution < 1.29 is 9.53 Å². The maximum absolute atomic E-state index is 12.2. The van der Waals surface area contributed by atoms with E-state index in [1.165, 1.54) is 16.1 Å². The van der Waals surface area contributed by atoms with Crippen LogP contribution in [0.3, 0.4) is 0 Å². The van der Waals surface area contributed by atoms with E-state index in [1.807, 2.05) is 12.1 Å². The fraction of sp³-hybridized carbons (Fsp3) is 0.381. The Morgan fingerprint density at radius 1 is 1.19 bits per heavy atom. The zero-order chi connectivity index (χ0) is 18.4. The Labute approximate surface area is 159 Å². The summed E-state index contributed by atoms with van der Waals surface area (Å²) in [5, 5.41) is 2.99. The number of carbonyl (C=O) groups excluding carboxylic acids is 1. The van der Waals surface area contributed by atoms with Gasteiger partial charge < -0.3 is 15.0 Å². The molecule has 1 aliphatic rings. The molecular weight excluding hydrogens is 344 g/mol. The lowest BCUT2D eigenvalue weighted by molar-refractivity contribution is -0.116. The third kappa shape index (κ3) is 5.02. The highest BCUT2D eigenvalue weighted by Gasteiger charge is 2.22. The van der Waals surface area contributed by atoms with Crippen LogP contribution in [0.15, 0.2) is 53.4 Å². The summed E-state index contributed by atoms with van der Waals surface area (Å²) in [6.07, 6.45) is 4.69. The van der Waals surface area contributed by atoms with E-state index in [9.17, 15) is 4.79 Å². The SMILES string of the molecule is COC1CCN(c2ccc(NC(=O)CCc3ccc(SC)cc3)cc2)C1. The summed E-state index contributed by atoms with van der Waals surface area (Å²) in [6, 6.07) is 16.5. The van der Waals surface area contributed by atoms with E-state index in [0.29, 0.717) is 12.5 Å². The second kappa shape index (κ2) is 9.10. The molecule has 1 N–H and O–H groups in total. The number of nitrogens with one attached hydrogen (secondary N) is 1. The molecule has 1 unspecified atom stereocenters. The second-order valence-electron chi connectivity index (χ2n) is 6.54. The van der Waals surface area contributed by atoms with Gasteiger partial charge in [0.15, 0.2) is 0 Å². The van der Waals surface area contributed by atoms with Crippen LogP contribution in [0.1, 0.15) is 18.4 Å². The van der Waals surface area contributed by atoms with Crippen molar-refractivity contribution in [3.8, 4) is 0 Å². The highest BCUT2D eigenvalue weighted by atomic mass is 32.2. The molecule has 1 atom stereocenters. The number of hydrogen-bond donors (Lipinski definition) is 1. The smallest absolute Gasteiger partial charge is 0.224 e. The first kappa shape index (κ1) is 18.8. The third-order valence-corrected chi connectivity index (χ3v) is 5.54. The number of nitrogens with zero attached hydrogens (tertiary/aromatic N) is 1. The van der Waals surface area contributed by atoms with Gasteiger partial charge in [-0.05, 0) is 61.1 Å². The Bertz CT molecular complexity index is 716. The van der Waals surface area contributed by atoms with Crippen molar-refractivity contribution in [2.24, 2.45) is 0 Å². The first-order valence-electron chi connectivity index (χ1n) is 8.98. The van der Waals surface area contributed by atoms with Gasteiger partial charge in [-0.2, -0.15) is 0 Å². The molecule has 26 heavy (non-hydrogen) atoms. The zero-order valence-corrected chi connectivity index (χ0v) is 16.2. The van der Waals surface area contributed by atoms with E-state index in [1.54, 1.807) is 18.9 Å². The number of benzene rings is 2. The van der Waals surface area contributed by atoms with Gasteiger partial charge in [0.25, 0.3) is 0 Å². The van der Waals surface area contributed by atoms with Crippen LogP contribution in [-0.4, -0.2) is 38.5 Å². The van der Waals surface area contributed by atoms with E-state index in [-0.39, 0.29) is 5.91 Å². The van der Waals surface area contributed by atoms with Crippen molar-refractivity contribution in [1.82, 2.24) is 0 Å². The van der Waals surface area contributed by atoms with Gasteiger partial charge in [-0.25, -0.2) is 0 Å². The number of amides is 1. The fourth-order valence-corrected chi connectivity index (χ4v) is 3.59. The van der Waals surface area contributed by atoms with Crippen LogP contribution in [0, 0.1) is 0 Å². The molecule has 0 bridgehead atoms. The summed E-state index contributed by atoms with van der Waals surface area (Å²) in [5.74, 6) is 0.0484. The van der Waals surface area contributed by atoms with Gasteiger partial charge in [0.2, 0.25) is 5.91 Å². The number of ether oxygens (including phenoxy) is 1. The van der Waals surface area contributed by atoms with Crippen LogP contribution in [0.25, 0.3) is 0 Å². The lowest BCUT2D eigenvalue weighted by Gasteiger charge is -2.18. The Kier molecular flexibility index (Phi) is 6.58. The van der Waals surface area contributed by atoms with Crippen LogP contribution in [0.4, 0.5) is 11.4 Å². The molecule has 0 spiro atoms. The highest BCUT2D eigenvalue weighted by Crippen LogP contribution is 2.23. The third-order valence-electron chi connectivity index (χ3n) is 4.79.